The zero-order valence-corrected chi connectivity index (χ0v) is 12.1. The summed E-state index contributed by atoms with van der Waals surface area (Å²) < 4.78 is 4.89. The quantitative estimate of drug-likeness (QED) is 0.490. The Labute approximate surface area is 119 Å². The molecule has 1 rings (SSSR count). The number of benzene rings is 1. The van der Waals surface area contributed by atoms with Crippen LogP contribution in [0, 0.1) is 5.92 Å². The first-order valence-corrected chi connectivity index (χ1v) is 6.58. The van der Waals surface area contributed by atoms with Gasteiger partial charge in [0, 0.05) is 5.71 Å². The lowest BCUT2D eigenvalue weighted by atomic mass is 10.1. The highest BCUT2D eigenvalue weighted by Gasteiger charge is 2.17. The Morgan fingerprint density at radius 2 is 1.95 bits per heavy atom. The molecule has 0 saturated heterocycles. The van der Waals surface area contributed by atoms with Crippen molar-refractivity contribution in [3.05, 3.63) is 35.9 Å². The molecule has 1 atom stereocenters. The molecule has 1 aromatic carbocycles. The molecule has 0 aromatic heterocycles. The number of nitrogens with zero attached hydrogens (tertiary/aromatic N) is 1. The first-order valence-electron chi connectivity index (χ1n) is 6.58. The summed E-state index contributed by atoms with van der Waals surface area (Å²) in [6.07, 6.45) is 0.255. The van der Waals surface area contributed by atoms with Gasteiger partial charge < -0.3 is 4.74 Å². The Kier molecular flexibility index (Phi) is 6.43. The zero-order valence-electron chi connectivity index (χ0n) is 12.1. The number of hydrazone groups is 1. The SMILES string of the molecule is CCOC(=O)C(C)/C(C)=N\NC(=O)Cc1ccccc1. The average Bonchev–Trinajstić information content (AvgIpc) is 2.45. The molecule has 0 aliphatic heterocycles. The predicted octanol–water partition coefficient (Wildman–Crippen LogP) is 1.92. The van der Waals surface area contributed by atoms with Crippen LogP contribution in [0.2, 0.25) is 0 Å². The number of amides is 1. The Morgan fingerprint density at radius 1 is 1.30 bits per heavy atom. The van der Waals surface area contributed by atoms with Crippen molar-refractivity contribution < 1.29 is 14.3 Å². The van der Waals surface area contributed by atoms with Crippen molar-refractivity contribution in [2.75, 3.05) is 6.61 Å². The van der Waals surface area contributed by atoms with Gasteiger partial charge in [-0.3, -0.25) is 9.59 Å². The van der Waals surface area contributed by atoms with Gasteiger partial charge in [0.05, 0.1) is 18.9 Å². The molecule has 108 valence electrons. The number of ether oxygens (including phenoxy) is 1. The van der Waals surface area contributed by atoms with E-state index in [1.807, 2.05) is 30.3 Å². The van der Waals surface area contributed by atoms with E-state index in [0.29, 0.717) is 12.3 Å². The number of hydrogen-bond acceptors (Lipinski definition) is 4. The maximum Gasteiger partial charge on any atom is 0.314 e. The lowest BCUT2D eigenvalue weighted by molar-refractivity contribution is -0.145. The van der Waals surface area contributed by atoms with E-state index in [4.69, 9.17) is 4.74 Å². The van der Waals surface area contributed by atoms with Crippen LogP contribution in [0.4, 0.5) is 0 Å². The number of hydrogen-bond donors (Lipinski definition) is 1. The standard InChI is InChI=1S/C15H20N2O3/c1-4-20-15(19)11(2)12(3)16-17-14(18)10-13-8-6-5-7-9-13/h5-9,11H,4,10H2,1-3H3,(H,17,18)/b16-12-. The van der Waals surface area contributed by atoms with E-state index in [0.717, 1.165) is 5.56 Å². The predicted molar refractivity (Wildman–Crippen MR) is 77.2 cm³/mol. The van der Waals surface area contributed by atoms with Gasteiger partial charge in [0.1, 0.15) is 0 Å². The second-order valence-corrected chi connectivity index (χ2v) is 4.42. The van der Waals surface area contributed by atoms with Crippen LogP contribution in [0.3, 0.4) is 0 Å². The summed E-state index contributed by atoms with van der Waals surface area (Å²) in [5.74, 6) is -1.02. The molecule has 0 spiro atoms. The van der Waals surface area contributed by atoms with Crippen LogP contribution in [0.15, 0.2) is 35.4 Å². The van der Waals surface area contributed by atoms with Crippen LogP contribution < -0.4 is 5.43 Å². The third kappa shape index (κ3) is 5.22. The summed E-state index contributed by atoms with van der Waals surface area (Å²) >= 11 is 0. The van der Waals surface area contributed by atoms with Gasteiger partial charge in [-0.25, -0.2) is 5.43 Å². The van der Waals surface area contributed by atoms with E-state index in [1.54, 1.807) is 20.8 Å². The number of esters is 1. The second kappa shape index (κ2) is 8.09. The van der Waals surface area contributed by atoms with E-state index in [9.17, 15) is 9.59 Å². The topological polar surface area (TPSA) is 67.8 Å². The first kappa shape index (κ1) is 15.9. The van der Waals surface area contributed by atoms with E-state index in [2.05, 4.69) is 10.5 Å². The van der Waals surface area contributed by atoms with E-state index >= 15 is 0 Å². The second-order valence-electron chi connectivity index (χ2n) is 4.42. The Hall–Kier alpha value is -2.17. The molecule has 0 fully saturated rings. The minimum absolute atomic E-state index is 0.216. The summed E-state index contributed by atoms with van der Waals surface area (Å²) in [7, 11) is 0. The Bertz CT molecular complexity index is 483. The molecule has 5 heteroatoms. The molecule has 0 radical (unpaired) electrons. The number of nitrogens with one attached hydrogen (secondary N) is 1. The third-order valence-electron chi connectivity index (χ3n) is 2.83. The molecular weight excluding hydrogens is 256 g/mol. The van der Waals surface area contributed by atoms with Crippen molar-refractivity contribution in [1.29, 1.82) is 0 Å². The summed E-state index contributed by atoms with van der Waals surface area (Å²) in [5, 5.41) is 3.94. The van der Waals surface area contributed by atoms with E-state index < -0.39 is 5.92 Å². The van der Waals surface area contributed by atoms with Crippen molar-refractivity contribution in [2.24, 2.45) is 11.0 Å². The van der Waals surface area contributed by atoms with E-state index in [-0.39, 0.29) is 18.3 Å². The summed E-state index contributed by atoms with van der Waals surface area (Å²) in [5.41, 5.74) is 3.88. The minimum atomic E-state index is -0.466. The van der Waals surface area contributed by atoms with Crippen LogP contribution in [-0.4, -0.2) is 24.2 Å². The maximum absolute atomic E-state index is 11.7. The fourth-order valence-corrected chi connectivity index (χ4v) is 1.51. The largest absolute Gasteiger partial charge is 0.465 e. The van der Waals surface area contributed by atoms with Gasteiger partial charge in [-0.05, 0) is 26.3 Å². The van der Waals surface area contributed by atoms with Crippen LogP contribution in [0.1, 0.15) is 26.3 Å². The molecule has 5 nitrogen and oxygen atoms in total. The van der Waals surface area contributed by atoms with Crippen molar-refractivity contribution in [1.82, 2.24) is 5.43 Å². The molecule has 0 bridgehead atoms. The lowest BCUT2D eigenvalue weighted by Crippen LogP contribution is -2.26. The molecule has 20 heavy (non-hydrogen) atoms. The molecule has 0 saturated carbocycles. The molecule has 1 N–H and O–H groups in total. The van der Waals surface area contributed by atoms with Crippen molar-refractivity contribution in [3.8, 4) is 0 Å². The molecular formula is C15H20N2O3. The summed E-state index contributed by atoms with van der Waals surface area (Å²) in [4.78, 5) is 23.2. The summed E-state index contributed by atoms with van der Waals surface area (Å²) in [6, 6.07) is 9.39. The van der Waals surface area contributed by atoms with Crippen molar-refractivity contribution in [3.63, 3.8) is 0 Å². The Balaban J connectivity index is 2.50. The fourth-order valence-electron chi connectivity index (χ4n) is 1.51. The van der Waals surface area contributed by atoms with Gasteiger partial charge in [0.15, 0.2) is 0 Å². The molecule has 0 aliphatic carbocycles. The van der Waals surface area contributed by atoms with Crippen LogP contribution in [-0.2, 0) is 20.7 Å². The average molecular weight is 276 g/mol. The number of rotatable bonds is 6. The number of carbonyl (C=O) groups is 2. The highest BCUT2D eigenvalue weighted by molar-refractivity contribution is 6.00. The monoisotopic (exact) mass is 276 g/mol. The van der Waals surface area contributed by atoms with Crippen molar-refractivity contribution in [2.45, 2.75) is 27.2 Å². The highest BCUT2D eigenvalue weighted by atomic mass is 16.5. The summed E-state index contributed by atoms with van der Waals surface area (Å²) in [6.45, 7) is 5.46. The number of carbonyl (C=O) groups excluding carboxylic acids is 2. The van der Waals surface area contributed by atoms with Crippen LogP contribution in [0.5, 0.6) is 0 Å². The smallest absolute Gasteiger partial charge is 0.314 e. The van der Waals surface area contributed by atoms with Gasteiger partial charge in [0.2, 0.25) is 5.91 Å². The Morgan fingerprint density at radius 3 is 2.55 bits per heavy atom. The van der Waals surface area contributed by atoms with Gasteiger partial charge in [-0.1, -0.05) is 30.3 Å². The van der Waals surface area contributed by atoms with Gasteiger partial charge in [-0.2, -0.15) is 5.10 Å². The molecule has 1 aromatic rings. The van der Waals surface area contributed by atoms with Gasteiger partial charge in [0.25, 0.3) is 0 Å². The normalized spacial score (nSPS) is 12.7. The van der Waals surface area contributed by atoms with E-state index in [1.165, 1.54) is 0 Å². The maximum atomic E-state index is 11.7. The lowest BCUT2D eigenvalue weighted by Gasteiger charge is -2.10. The molecule has 1 unspecified atom stereocenters. The molecule has 0 aliphatic rings. The van der Waals surface area contributed by atoms with Crippen LogP contribution >= 0.6 is 0 Å². The van der Waals surface area contributed by atoms with Gasteiger partial charge in [-0.15, -0.1) is 0 Å². The highest BCUT2D eigenvalue weighted by Crippen LogP contribution is 2.02. The molecule has 0 heterocycles. The van der Waals surface area contributed by atoms with Crippen LogP contribution in [0.25, 0.3) is 0 Å². The third-order valence-corrected chi connectivity index (χ3v) is 2.83. The zero-order chi connectivity index (χ0) is 15.0. The minimum Gasteiger partial charge on any atom is -0.465 e. The molecule has 1 amide bonds. The van der Waals surface area contributed by atoms with Crippen molar-refractivity contribution >= 4 is 17.6 Å². The fraction of sp³-hybridized carbons (Fsp3) is 0.400. The first-order chi connectivity index (χ1) is 9.54. The van der Waals surface area contributed by atoms with Gasteiger partial charge >= 0.3 is 5.97 Å².